The molecule has 3 heterocycles. The minimum Gasteiger partial charge on any atom is -0.497 e. The lowest BCUT2D eigenvalue weighted by atomic mass is 10.1. The van der Waals surface area contributed by atoms with Crippen LogP contribution in [0, 0.1) is 0 Å². The van der Waals surface area contributed by atoms with Gasteiger partial charge in [0.05, 0.1) is 19.3 Å². The average Bonchev–Trinajstić information content (AvgIpc) is 3.19. The molecule has 0 saturated carbocycles. The SMILES string of the molecule is COc1ccc(C(C)Nc2nc(O[C@@H]3CCCNC3)nc3c(C(C)C)cnn23)cc1. The Kier molecular flexibility index (Phi) is 6.03. The summed E-state index contributed by atoms with van der Waals surface area (Å²) in [4.78, 5) is 9.37. The van der Waals surface area contributed by atoms with E-state index >= 15 is 0 Å². The summed E-state index contributed by atoms with van der Waals surface area (Å²) in [5.74, 6) is 1.75. The van der Waals surface area contributed by atoms with Crippen LogP contribution in [0.5, 0.6) is 11.8 Å². The topological polar surface area (TPSA) is 85.6 Å². The molecule has 0 spiro atoms. The largest absolute Gasteiger partial charge is 0.497 e. The highest BCUT2D eigenvalue weighted by Gasteiger charge is 2.21. The van der Waals surface area contributed by atoms with Crippen LogP contribution in [0.4, 0.5) is 5.95 Å². The highest BCUT2D eigenvalue weighted by Crippen LogP contribution is 2.26. The van der Waals surface area contributed by atoms with E-state index in [2.05, 4.69) is 41.5 Å². The number of aromatic nitrogens is 4. The second kappa shape index (κ2) is 8.87. The predicted molar refractivity (Wildman–Crippen MR) is 116 cm³/mol. The molecular weight excluding hydrogens is 380 g/mol. The minimum atomic E-state index is 0.0184. The van der Waals surface area contributed by atoms with Gasteiger partial charge < -0.3 is 20.1 Å². The van der Waals surface area contributed by atoms with Gasteiger partial charge in [-0.05, 0) is 49.9 Å². The first kappa shape index (κ1) is 20.4. The van der Waals surface area contributed by atoms with Crippen molar-refractivity contribution in [2.75, 3.05) is 25.5 Å². The van der Waals surface area contributed by atoms with Crippen molar-refractivity contribution in [3.63, 3.8) is 0 Å². The van der Waals surface area contributed by atoms with Crippen molar-refractivity contribution in [3.05, 3.63) is 41.6 Å². The number of methoxy groups -OCH3 is 1. The molecule has 1 aliphatic heterocycles. The molecule has 2 aromatic heterocycles. The molecule has 8 heteroatoms. The summed E-state index contributed by atoms with van der Waals surface area (Å²) in [6.45, 7) is 8.21. The maximum Gasteiger partial charge on any atom is 0.322 e. The molecule has 3 aromatic rings. The summed E-state index contributed by atoms with van der Waals surface area (Å²) in [6, 6.07) is 8.41. The van der Waals surface area contributed by atoms with Gasteiger partial charge in [-0.1, -0.05) is 26.0 Å². The lowest BCUT2D eigenvalue weighted by Gasteiger charge is -2.23. The Morgan fingerprint density at radius 3 is 2.63 bits per heavy atom. The Labute approximate surface area is 177 Å². The van der Waals surface area contributed by atoms with Crippen molar-refractivity contribution >= 4 is 11.6 Å². The number of nitrogens with one attached hydrogen (secondary N) is 2. The predicted octanol–water partition coefficient (Wildman–Crippen LogP) is 3.56. The number of hydrogen-bond donors (Lipinski definition) is 2. The van der Waals surface area contributed by atoms with Crippen molar-refractivity contribution in [2.45, 2.75) is 51.7 Å². The van der Waals surface area contributed by atoms with Gasteiger partial charge in [-0.3, -0.25) is 0 Å². The molecule has 2 N–H and O–H groups in total. The first-order valence-corrected chi connectivity index (χ1v) is 10.6. The van der Waals surface area contributed by atoms with Crippen molar-refractivity contribution in [1.82, 2.24) is 24.9 Å². The normalized spacial score (nSPS) is 17.8. The van der Waals surface area contributed by atoms with E-state index in [1.54, 1.807) is 11.6 Å². The average molecular weight is 411 g/mol. The minimum absolute atomic E-state index is 0.0184. The van der Waals surface area contributed by atoms with Crippen LogP contribution in [-0.2, 0) is 0 Å². The van der Waals surface area contributed by atoms with Crippen LogP contribution in [0.3, 0.4) is 0 Å². The Morgan fingerprint density at radius 1 is 1.17 bits per heavy atom. The third-order valence-electron chi connectivity index (χ3n) is 5.48. The number of fused-ring (bicyclic) bond motifs is 1. The van der Waals surface area contributed by atoms with Gasteiger partial charge in [0.15, 0.2) is 5.65 Å². The molecule has 4 rings (SSSR count). The number of nitrogens with zero attached hydrogens (tertiary/aromatic N) is 4. The summed E-state index contributed by atoms with van der Waals surface area (Å²) >= 11 is 0. The zero-order valence-corrected chi connectivity index (χ0v) is 18.1. The van der Waals surface area contributed by atoms with Crippen LogP contribution in [-0.4, -0.2) is 45.9 Å². The number of rotatable bonds is 7. The van der Waals surface area contributed by atoms with E-state index in [1.807, 2.05) is 30.5 Å². The van der Waals surface area contributed by atoms with E-state index in [0.29, 0.717) is 17.9 Å². The number of ether oxygens (including phenoxy) is 2. The smallest absolute Gasteiger partial charge is 0.322 e. The molecule has 2 atom stereocenters. The molecule has 1 fully saturated rings. The molecule has 1 aliphatic rings. The summed E-state index contributed by atoms with van der Waals surface area (Å²) in [5, 5.41) is 11.4. The Balaban J connectivity index is 1.65. The second-order valence-corrected chi connectivity index (χ2v) is 8.05. The number of hydrogen-bond acceptors (Lipinski definition) is 7. The second-order valence-electron chi connectivity index (χ2n) is 8.05. The van der Waals surface area contributed by atoms with E-state index in [0.717, 1.165) is 48.5 Å². The highest BCUT2D eigenvalue weighted by atomic mass is 16.5. The van der Waals surface area contributed by atoms with Gasteiger partial charge in [-0.25, -0.2) is 0 Å². The van der Waals surface area contributed by atoms with Crippen LogP contribution in [0.1, 0.15) is 56.7 Å². The number of benzene rings is 1. The van der Waals surface area contributed by atoms with Crippen molar-refractivity contribution in [2.24, 2.45) is 0 Å². The quantitative estimate of drug-likeness (QED) is 0.616. The van der Waals surface area contributed by atoms with Gasteiger partial charge >= 0.3 is 6.01 Å². The molecule has 1 unspecified atom stereocenters. The zero-order valence-electron chi connectivity index (χ0n) is 18.1. The molecular formula is C22H30N6O2. The standard InChI is InChI=1S/C22H30N6O2/c1-14(2)19-13-24-28-20(19)26-22(30-18-6-5-11-23-12-18)27-21(28)25-15(3)16-7-9-17(29-4)10-8-16/h7-10,13-15,18,23H,5-6,11-12H2,1-4H3,(H,25,26,27)/t15?,18-/m1/s1. The van der Waals surface area contributed by atoms with Crippen molar-refractivity contribution in [1.29, 1.82) is 0 Å². The highest BCUT2D eigenvalue weighted by molar-refractivity contribution is 5.53. The van der Waals surface area contributed by atoms with Gasteiger partial charge in [0.25, 0.3) is 0 Å². The monoisotopic (exact) mass is 410 g/mol. The van der Waals surface area contributed by atoms with Crippen LogP contribution >= 0.6 is 0 Å². The maximum atomic E-state index is 6.14. The Hall–Kier alpha value is -2.87. The van der Waals surface area contributed by atoms with Crippen molar-refractivity contribution < 1.29 is 9.47 Å². The Bertz CT molecular complexity index is 979. The summed E-state index contributed by atoms with van der Waals surface area (Å²) in [6.07, 6.45) is 4.04. The van der Waals surface area contributed by atoms with Crippen LogP contribution in [0.2, 0.25) is 0 Å². The van der Waals surface area contributed by atoms with Gasteiger partial charge in [0.2, 0.25) is 5.95 Å². The van der Waals surface area contributed by atoms with E-state index in [9.17, 15) is 0 Å². The van der Waals surface area contributed by atoms with E-state index in [1.165, 1.54) is 0 Å². The number of piperidine rings is 1. The fourth-order valence-electron chi connectivity index (χ4n) is 3.67. The van der Waals surface area contributed by atoms with Gasteiger partial charge in [0, 0.05) is 12.1 Å². The van der Waals surface area contributed by atoms with Gasteiger partial charge in [0.1, 0.15) is 11.9 Å². The Morgan fingerprint density at radius 2 is 1.97 bits per heavy atom. The van der Waals surface area contributed by atoms with Crippen LogP contribution in [0.15, 0.2) is 30.5 Å². The molecule has 1 aromatic carbocycles. The van der Waals surface area contributed by atoms with E-state index < -0.39 is 0 Å². The molecule has 1 saturated heterocycles. The fraction of sp³-hybridized carbons (Fsp3) is 0.500. The zero-order chi connectivity index (χ0) is 21.1. The third-order valence-corrected chi connectivity index (χ3v) is 5.48. The molecule has 160 valence electrons. The van der Waals surface area contributed by atoms with Crippen molar-refractivity contribution in [3.8, 4) is 11.8 Å². The summed E-state index contributed by atoms with van der Waals surface area (Å²) < 4.78 is 13.2. The molecule has 0 bridgehead atoms. The lowest BCUT2D eigenvalue weighted by molar-refractivity contribution is 0.153. The maximum absolute atomic E-state index is 6.14. The molecule has 0 amide bonds. The van der Waals surface area contributed by atoms with Gasteiger partial charge in [-0.2, -0.15) is 19.6 Å². The van der Waals surface area contributed by atoms with Gasteiger partial charge in [-0.15, -0.1) is 0 Å². The summed E-state index contributed by atoms with van der Waals surface area (Å²) in [5.41, 5.74) is 2.98. The first-order valence-electron chi connectivity index (χ1n) is 10.6. The fourth-order valence-corrected chi connectivity index (χ4v) is 3.67. The molecule has 0 radical (unpaired) electrons. The molecule has 0 aliphatic carbocycles. The third kappa shape index (κ3) is 4.33. The number of anilines is 1. The van der Waals surface area contributed by atoms with Crippen LogP contribution < -0.4 is 20.1 Å². The van der Waals surface area contributed by atoms with Crippen LogP contribution in [0.25, 0.3) is 5.65 Å². The molecule has 8 nitrogen and oxygen atoms in total. The summed E-state index contributed by atoms with van der Waals surface area (Å²) in [7, 11) is 1.67. The van der Waals surface area contributed by atoms with E-state index in [4.69, 9.17) is 14.5 Å². The lowest BCUT2D eigenvalue weighted by Crippen LogP contribution is -2.37. The van der Waals surface area contributed by atoms with E-state index in [-0.39, 0.29) is 12.1 Å². The molecule has 30 heavy (non-hydrogen) atoms. The first-order chi connectivity index (χ1) is 14.5.